The molecule has 2 rings (SSSR count). The number of carbonyl (C=O) groups is 1. The summed E-state index contributed by atoms with van der Waals surface area (Å²) in [5.41, 5.74) is 1.90. The molecule has 0 aromatic heterocycles. The van der Waals surface area contributed by atoms with E-state index in [1.165, 1.54) is 5.56 Å². The predicted octanol–water partition coefficient (Wildman–Crippen LogP) is 1.55. The van der Waals surface area contributed by atoms with E-state index in [0.717, 1.165) is 24.5 Å². The number of benzene rings is 1. The van der Waals surface area contributed by atoms with Crippen LogP contribution in [0.4, 0.5) is 0 Å². The maximum absolute atomic E-state index is 11.9. The van der Waals surface area contributed by atoms with Crippen LogP contribution in [0, 0.1) is 6.92 Å². The van der Waals surface area contributed by atoms with E-state index in [0.29, 0.717) is 0 Å². The summed E-state index contributed by atoms with van der Waals surface area (Å²) in [6, 6.07) is 7.64. The van der Waals surface area contributed by atoms with Gasteiger partial charge in [-0.2, -0.15) is 0 Å². The Hall–Kier alpha value is -1.77. The number of rotatable bonds is 2. The molecule has 3 heteroatoms. The third kappa shape index (κ3) is 2.24. The van der Waals surface area contributed by atoms with Crippen LogP contribution in [-0.2, 0) is 0 Å². The lowest BCUT2D eigenvalue weighted by Crippen LogP contribution is -2.15. The van der Waals surface area contributed by atoms with E-state index in [1.807, 2.05) is 43.1 Å². The first-order valence-electron chi connectivity index (χ1n) is 5.44. The third-order valence-corrected chi connectivity index (χ3v) is 2.77. The number of hydrogen-bond donors (Lipinski definition) is 1. The average molecular weight is 216 g/mol. The van der Waals surface area contributed by atoms with Crippen molar-refractivity contribution in [2.75, 3.05) is 20.1 Å². The van der Waals surface area contributed by atoms with Gasteiger partial charge in [0.05, 0.1) is 0 Å². The molecule has 1 aromatic carbocycles. The van der Waals surface area contributed by atoms with E-state index in [9.17, 15) is 4.79 Å². The van der Waals surface area contributed by atoms with Crippen molar-refractivity contribution in [1.29, 1.82) is 0 Å². The summed E-state index contributed by atoms with van der Waals surface area (Å²) < 4.78 is 0. The topological polar surface area (TPSA) is 32.3 Å². The van der Waals surface area contributed by atoms with E-state index < -0.39 is 0 Å². The molecule has 0 unspecified atom stereocenters. The van der Waals surface area contributed by atoms with Gasteiger partial charge in [0.25, 0.3) is 0 Å². The van der Waals surface area contributed by atoms with E-state index in [-0.39, 0.29) is 5.78 Å². The summed E-state index contributed by atoms with van der Waals surface area (Å²) in [6.07, 6.45) is 1.66. The van der Waals surface area contributed by atoms with Gasteiger partial charge in [0.2, 0.25) is 0 Å². The van der Waals surface area contributed by atoms with Crippen LogP contribution in [0.5, 0.6) is 0 Å². The first-order valence-corrected chi connectivity index (χ1v) is 5.44. The molecular formula is C13H16N2O. The molecular weight excluding hydrogens is 200 g/mol. The standard InChI is InChI=1S/C13H16N2O/c1-10-3-5-11(6-4-10)12(16)9-13-14-7-8-15(13)2/h3-6,9,14H,7-8H2,1-2H3/b13-9+. The molecule has 0 aliphatic carbocycles. The van der Waals surface area contributed by atoms with Crippen LogP contribution in [0.3, 0.4) is 0 Å². The first-order chi connectivity index (χ1) is 7.66. The van der Waals surface area contributed by atoms with Crippen molar-refractivity contribution in [1.82, 2.24) is 10.2 Å². The van der Waals surface area contributed by atoms with Crippen LogP contribution in [-0.4, -0.2) is 30.8 Å². The van der Waals surface area contributed by atoms with Crippen LogP contribution in [0.1, 0.15) is 15.9 Å². The summed E-state index contributed by atoms with van der Waals surface area (Å²) in [7, 11) is 1.98. The third-order valence-electron chi connectivity index (χ3n) is 2.77. The normalized spacial score (nSPS) is 17.6. The van der Waals surface area contributed by atoms with Gasteiger partial charge in [-0.3, -0.25) is 4.79 Å². The van der Waals surface area contributed by atoms with Gasteiger partial charge < -0.3 is 10.2 Å². The highest BCUT2D eigenvalue weighted by atomic mass is 16.1. The second-order valence-corrected chi connectivity index (χ2v) is 4.11. The molecule has 1 saturated heterocycles. The molecule has 1 aromatic rings. The minimum Gasteiger partial charge on any atom is -0.370 e. The molecule has 0 spiro atoms. The highest BCUT2D eigenvalue weighted by Gasteiger charge is 2.13. The highest BCUT2D eigenvalue weighted by molar-refractivity contribution is 6.04. The Labute approximate surface area is 95.8 Å². The molecule has 0 radical (unpaired) electrons. The minimum atomic E-state index is 0.0521. The van der Waals surface area contributed by atoms with Crippen molar-refractivity contribution in [3.05, 3.63) is 47.3 Å². The van der Waals surface area contributed by atoms with Crippen LogP contribution in [0.2, 0.25) is 0 Å². The Kier molecular flexibility index (Phi) is 2.95. The summed E-state index contributed by atoms with van der Waals surface area (Å²) in [6.45, 7) is 3.87. The molecule has 16 heavy (non-hydrogen) atoms. The molecule has 1 fully saturated rings. The monoisotopic (exact) mass is 216 g/mol. The number of hydrogen-bond acceptors (Lipinski definition) is 3. The van der Waals surface area contributed by atoms with Crippen LogP contribution in [0.15, 0.2) is 36.2 Å². The zero-order valence-corrected chi connectivity index (χ0v) is 9.66. The SMILES string of the molecule is Cc1ccc(C(=O)/C=C2\NCCN2C)cc1. The Morgan fingerprint density at radius 3 is 2.62 bits per heavy atom. The summed E-state index contributed by atoms with van der Waals surface area (Å²) in [5.74, 6) is 0.960. The number of nitrogens with one attached hydrogen (secondary N) is 1. The molecule has 84 valence electrons. The molecule has 0 saturated carbocycles. The zero-order valence-electron chi connectivity index (χ0n) is 9.66. The molecule has 1 N–H and O–H groups in total. The summed E-state index contributed by atoms with van der Waals surface area (Å²) in [4.78, 5) is 14.0. The van der Waals surface area contributed by atoms with Gasteiger partial charge in [0.15, 0.2) is 5.78 Å². The van der Waals surface area contributed by atoms with Crippen LogP contribution < -0.4 is 5.32 Å². The van der Waals surface area contributed by atoms with Gasteiger partial charge in [-0.15, -0.1) is 0 Å². The van der Waals surface area contributed by atoms with E-state index >= 15 is 0 Å². The van der Waals surface area contributed by atoms with Gasteiger partial charge in [0.1, 0.15) is 5.82 Å². The predicted molar refractivity (Wildman–Crippen MR) is 64.2 cm³/mol. The Morgan fingerprint density at radius 1 is 1.38 bits per heavy atom. The van der Waals surface area contributed by atoms with Crippen molar-refractivity contribution in [2.24, 2.45) is 0 Å². The molecule has 0 atom stereocenters. The van der Waals surface area contributed by atoms with Crippen molar-refractivity contribution < 1.29 is 4.79 Å². The van der Waals surface area contributed by atoms with Gasteiger partial charge in [-0.1, -0.05) is 29.8 Å². The Bertz CT molecular complexity index is 420. The molecule has 3 nitrogen and oxygen atoms in total. The lowest BCUT2D eigenvalue weighted by atomic mass is 10.1. The van der Waals surface area contributed by atoms with Gasteiger partial charge in [-0.25, -0.2) is 0 Å². The fraction of sp³-hybridized carbons (Fsp3) is 0.308. The number of nitrogens with zero attached hydrogens (tertiary/aromatic N) is 1. The number of allylic oxidation sites excluding steroid dienone is 1. The maximum Gasteiger partial charge on any atom is 0.189 e. The second kappa shape index (κ2) is 4.39. The van der Waals surface area contributed by atoms with Crippen molar-refractivity contribution in [3.8, 4) is 0 Å². The van der Waals surface area contributed by atoms with Crippen molar-refractivity contribution in [3.63, 3.8) is 0 Å². The first kappa shape index (κ1) is 10.7. The van der Waals surface area contributed by atoms with Crippen LogP contribution in [0.25, 0.3) is 0 Å². The maximum atomic E-state index is 11.9. The van der Waals surface area contributed by atoms with E-state index in [2.05, 4.69) is 5.32 Å². The lowest BCUT2D eigenvalue weighted by Gasteiger charge is -2.10. The quantitative estimate of drug-likeness (QED) is 0.601. The Balaban J connectivity index is 2.16. The fourth-order valence-corrected chi connectivity index (χ4v) is 1.69. The molecule has 0 amide bonds. The largest absolute Gasteiger partial charge is 0.370 e. The van der Waals surface area contributed by atoms with Gasteiger partial charge in [0, 0.05) is 31.8 Å². The average Bonchev–Trinajstić information content (AvgIpc) is 2.65. The lowest BCUT2D eigenvalue weighted by molar-refractivity contribution is 0.104. The van der Waals surface area contributed by atoms with Gasteiger partial charge >= 0.3 is 0 Å². The molecule has 1 aliphatic rings. The smallest absolute Gasteiger partial charge is 0.189 e. The second-order valence-electron chi connectivity index (χ2n) is 4.11. The van der Waals surface area contributed by atoms with Crippen LogP contribution >= 0.6 is 0 Å². The zero-order chi connectivity index (χ0) is 11.5. The van der Waals surface area contributed by atoms with Crippen molar-refractivity contribution in [2.45, 2.75) is 6.92 Å². The fourth-order valence-electron chi connectivity index (χ4n) is 1.69. The highest BCUT2D eigenvalue weighted by Crippen LogP contribution is 2.08. The summed E-state index contributed by atoms with van der Waals surface area (Å²) >= 11 is 0. The van der Waals surface area contributed by atoms with E-state index in [4.69, 9.17) is 0 Å². The minimum absolute atomic E-state index is 0.0521. The number of aryl methyl sites for hydroxylation is 1. The van der Waals surface area contributed by atoms with Gasteiger partial charge in [-0.05, 0) is 6.92 Å². The molecule has 0 bridgehead atoms. The van der Waals surface area contributed by atoms with E-state index in [1.54, 1.807) is 6.08 Å². The molecule has 1 aliphatic heterocycles. The number of likely N-dealkylation sites (N-methyl/N-ethyl adjacent to an activating group) is 1. The van der Waals surface area contributed by atoms with Crippen molar-refractivity contribution >= 4 is 5.78 Å². The summed E-state index contributed by atoms with van der Waals surface area (Å²) in [5, 5.41) is 3.18. The number of carbonyl (C=O) groups excluding carboxylic acids is 1. The Morgan fingerprint density at radius 2 is 2.06 bits per heavy atom. The molecule has 1 heterocycles. The number of ketones is 1.